The van der Waals surface area contributed by atoms with Gasteiger partial charge in [-0.25, -0.2) is 0 Å². The zero-order valence-electron chi connectivity index (χ0n) is 12.4. The Labute approximate surface area is 121 Å². The Morgan fingerprint density at radius 2 is 1.95 bits per heavy atom. The first kappa shape index (κ1) is 16.1. The average molecular weight is 276 g/mol. The molecule has 1 aromatic rings. The summed E-state index contributed by atoms with van der Waals surface area (Å²) >= 11 is 1.87. The van der Waals surface area contributed by atoms with Crippen molar-refractivity contribution in [3.05, 3.63) is 29.8 Å². The zero-order chi connectivity index (χ0) is 14.3. The third-order valence-electron chi connectivity index (χ3n) is 3.33. The van der Waals surface area contributed by atoms with Gasteiger partial charge >= 0.3 is 0 Å². The molecule has 3 heteroatoms. The number of nitrogens with one attached hydrogen (secondary N) is 1. The van der Waals surface area contributed by atoms with E-state index in [2.05, 4.69) is 42.6 Å². The molecule has 0 heterocycles. The molecule has 0 saturated heterocycles. The minimum atomic E-state index is -0.188. The molecule has 0 bridgehead atoms. The van der Waals surface area contributed by atoms with Crippen LogP contribution in [0.5, 0.6) is 0 Å². The van der Waals surface area contributed by atoms with Crippen molar-refractivity contribution in [1.29, 1.82) is 5.26 Å². The number of rotatable bonds is 7. The maximum Gasteiger partial charge on any atom is 0.0683 e. The largest absolute Gasteiger partial charge is 0.313 e. The number of nitrogens with zero attached hydrogens (tertiary/aromatic N) is 1. The number of hydrogen-bond acceptors (Lipinski definition) is 3. The highest BCUT2D eigenvalue weighted by molar-refractivity contribution is 7.99. The zero-order valence-corrected chi connectivity index (χ0v) is 13.2. The van der Waals surface area contributed by atoms with Gasteiger partial charge in [-0.3, -0.25) is 0 Å². The van der Waals surface area contributed by atoms with E-state index in [0.29, 0.717) is 6.04 Å². The van der Waals surface area contributed by atoms with E-state index in [1.807, 2.05) is 32.7 Å². The van der Waals surface area contributed by atoms with Gasteiger partial charge in [0.05, 0.1) is 11.5 Å². The fraction of sp³-hybridized carbons (Fsp3) is 0.562. The number of thioether (sulfide) groups is 1. The molecule has 0 amide bonds. The van der Waals surface area contributed by atoms with Crippen LogP contribution in [0.25, 0.3) is 0 Å². The Bertz CT molecular complexity index is 417. The van der Waals surface area contributed by atoms with Crippen molar-refractivity contribution in [1.82, 2.24) is 5.32 Å². The summed E-state index contributed by atoms with van der Waals surface area (Å²) in [5.74, 6) is 1.08. The quantitative estimate of drug-likeness (QED) is 0.592. The first-order valence-electron chi connectivity index (χ1n) is 6.80. The molecule has 1 aromatic carbocycles. The van der Waals surface area contributed by atoms with Crippen LogP contribution in [-0.4, -0.2) is 12.8 Å². The van der Waals surface area contributed by atoms with Crippen LogP contribution >= 0.6 is 11.8 Å². The van der Waals surface area contributed by atoms with Crippen molar-refractivity contribution in [2.24, 2.45) is 5.41 Å². The van der Waals surface area contributed by atoms with Crippen molar-refractivity contribution in [2.45, 2.75) is 44.6 Å². The molecule has 0 aliphatic rings. The van der Waals surface area contributed by atoms with Gasteiger partial charge in [-0.2, -0.15) is 5.26 Å². The molecule has 1 atom stereocenters. The Balaban J connectivity index is 2.37. The van der Waals surface area contributed by atoms with Crippen molar-refractivity contribution >= 4 is 11.8 Å². The van der Waals surface area contributed by atoms with Gasteiger partial charge in [-0.05, 0) is 64.1 Å². The number of hydrogen-bond donors (Lipinski definition) is 1. The number of benzene rings is 1. The van der Waals surface area contributed by atoms with E-state index < -0.39 is 0 Å². The topological polar surface area (TPSA) is 35.8 Å². The Morgan fingerprint density at radius 1 is 1.32 bits per heavy atom. The van der Waals surface area contributed by atoms with Gasteiger partial charge in [-0.15, -0.1) is 11.8 Å². The smallest absolute Gasteiger partial charge is 0.0683 e. The molecule has 1 N–H and O–H groups in total. The molecule has 0 spiro atoms. The number of nitriles is 1. The summed E-state index contributed by atoms with van der Waals surface area (Å²) in [6.07, 6.45) is 2.05. The second-order valence-corrected chi connectivity index (χ2v) is 6.70. The van der Waals surface area contributed by atoms with E-state index in [4.69, 9.17) is 5.26 Å². The molecular weight excluding hydrogens is 252 g/mol. The van der Waals surface area contributed by atoms with Crippen molar-refractivity contribution in [3.63, 3.8) is 0 Å². The van der Waals surface area contributed by atoms with E-state index in [9.17, 15) is 0 Å². The Hall–Kier alpha value is -0.980. The summed E-state index contributed by atoms with van der Waals surface area (Å²) in [6, 6.07) is 11.5. The molecule has 2 nitrogen and oxygen atoms in total. The first-order valence-corrected chi connectivity index (χ1v) is 7.78. The summed E-state index contributed by atoms with van der Waals surface area (Å²) in [4.78, 5) is 1.31. The van der Waals surface area contributed by atoms with Gasteiger partial charge in [0.25, 0.3) is 0 Å². The Kier molecular flexibility index (Phi) is 6.41. The highest BCUT2D eigenvalue weighted by Crippen LogP contribution is 2.25. The van der Waals surface area contributed by atoms with Gasteiger partial charge in [-0.1, -0.05) is 12.1 Å². The molecule has 0 radical (unpaired) electrons. The highest BCUT2D eigenvalue weighted by atomic mass is 32.2. The van der Waals surface area contributed by atoms with Gasteiger partial charge in [0.15, 0.2) is 0 Å². The molecular formula is C16H24N2S. The van der Waals surface area contributed by atoms with Crippen LogP contribution in [0, 0.1) is 16.7 Å². The van der Waals surface area contributed by atoms with Crippen LogP contribution in [0.2, 0.25) is 0 Å². The average Bonchev–Trinajstić information content (AvgIpc) is 2.43. The van der Waals surface area contributed by atoms with Crippen molar-refractivity contribution in [3.8, 4) is 6.07 Å². The normalized spacial score (nSPS) is 13.0. The first-order chi connectivity index (χ1) is 8.98. The van der Waals surface area contributed by atoms with Crippen LogP contribution in [0.1, 0.15) is 45.2 Å². The lowest BCUT2D eigenvalue weighted by Gasteiger charge is -2.14. The molecule has 0 aromatic heterocycles. The van der Waals surface area contributed by atoms with Gasteiger partial charge in [0.1, 0.15) is 0 Å². The summed E-state index contributed by atoms with van der Waals surface area (Å²) in [6.45, 7) is 6.17. The second-order valence-electron chi connectivity index (χ2n) is 5.53. The summed E-state index contributed by atoms with van der Waals surface area (Å²) in [5.41, 5.74) is 1.13. The molecule has 1 rings (SSSR count). The maximum atomic E-state index is 8.95. The summed E-state index contributed by atoms with van der Waals surface area (Å²) in [5, 5.41) is 12.2. The minimum Gasteiger partial charge on any atom is -0.313 e. The third kappa shape index (κ3) is 5.67. The maximum absolute atomic E-state index is 8.95. The molecule has 1 unspecified atom stereocenters. The SMILES string of the molecule is CNC(C)c1ccc(SCCCC(C)(C)C#N)cc1. The lowest BCUT2D eigenvalue weighted by Crippen LogP contribution is -2.11. The molecule has 104 valence electrons. The molecule has 0 aliphatic heterocycles. The lowest BCUT2D eigenvalue weighted by molar-refractivity contribution is 0.448. The summed E-state index contributed by atoms with van der Waals surface area (Å²) < 4.78 is 0. The fourth-order valence-corrected chi connectivity index (χ4v) is 2.63. The standard InChI is InChI=1S/C16H24N2S/c1-13(18-4)14-6-8-15(9-7-14)19-11-5-10-16(2,3)12-17/h6-9,13,18H,5,10-11H2,1-4H3. The van der Waals surface area contributed by atoms with Crippen LogP contribution in [0.15, 0.2) is 29.2 Å². The molecule has 0 aliphatic carbocycles. The van der Waals surface area contributed by atoms with E-state index in [-0.39, 0.29) is 5.41 Å². The van der Waals surface area contributed by atoms with Crippen LogP contribution in [-0.2, 0) is 0 Å². The van der Waals surface area contributed by atoms with Crippen LogP contribution in [0.4, 0.5) is 0 Å². The van der Waals surface area contributed by atoms with E-state index in [1.54, 1.807) is 0 Å². The third-order valence-corrected chi connectivity index (χ3v) is 4.43. The summed E-state index contributed by atoms with van der Waals surface area (Å²) in [7, 11) is 1.98. The van der Waals surface area contributed by atoms with E-state index >= 15 is 0 Å². The van der Waals surface area contributed by atoms with Crippen LogP contribution in [0.3, 0.4) is 0 Å². The molecule has 19 heavy (non-hydrogen) atoms. The van der Waals surface area contributed by atoms with E-state index in [0.717, 1.165) is 18.6 Å². The van der Waals surface area contributed by atoms with E-state index in [1.165, 1.54) is 10.5 Å². The van der Waals surface area contributed by atoms with Crippen molar-refractivity contribution < 1.29 is 0 Å². The molecule has 0 saturated carbocycles. The predicted molar refractivity (Wildman–Crippen MR) is 83.3 cm³/mol. The van der Waals surface area contributed by atoms with Crippen molar-refractivity contribution in [2.75, 3.05) is 12.8 Å². The van der Waals surface area contributed by atoms with Gasteiger partial charge in [0.2, 0.25) is 0 Å². The minimum absolute atomic E-state index is 0.188. The van der Waals surface area contributed by atoms with Gasteiger partial charge in [0, 0.05) is 10.9 Å². The van der Waals surface area contributed by atoms with Crippen LogP contribution < -0.4 is 5.32 Å². The monoisotopic (exact) mass is 276 g/mol. The lowest BCUT2D eigenvalue weighted by atomic mass is 9.90. The Morgan fingerprint density at radius 3 is 2.47 bits per heavy atom. The molecule has 0 fully saturated rings. The van der Waals surface area contributed by atoms with Gasteiger partial charge < -0.3 is 5.32 Å². The highest BCUT2D eigenvalue weighted by Gasteiger charge is 2.15. The predicted octanol–water partition coefficient (Wildman–Crippen LogP) is 4.39. The fourth-order valence-electron chi connectivity index (χ4n) is 1.78. The second kappa shape index (κ2) is 7.57.